The number of halogens is 3. The van der Waals surface area contributed by atoms with Gasteiger partial charge in [-0.3, -0.25) is 0 Å². The zero-order valence-electron chi connectivity index (χ0n) is 9.01. The Morgan fingerprint density at radius 1 is 1.17 bits per heavy atom. The predicted molar refractivity (Wildman–Crippen MR) is 62.7 cm³/mol. The summed E-state index contributed by atoms with van der Waals surface area (Å²) in [5.41, 5.74) is 0.687. The lowest BCUT2D eigenvalue weighted by atomic mass is 10.2. The van der Waals surface area contributed by atoms with Crippen LogP contribution in [0.25, 0.3) is 0 Å². The van der Waals surface area contributed by atoms with Gasteiger partial charge in [-0.2, -0.15) is 5.26 Å². The van der Waals surface area contributed by atoms with E-state index in [2.05, 4.69) is 5.32 Å². The molecule has 0 saturated carbocycles. The van der Waals surface area contributed by atoms with Crippen molar-refractivity contribution < 1.29 is 13.2 Å². The number of hydrogen-bond acceptors (Lipinski definition) is 3. The highest BCUT2D eigenvalue weighted by molar-refractivity contribution is 7.10. The third-order valence-corrected chi connectivity index (χ3v) is 3.17. The van der Waals surface area contributed by atoms with Crippen LogP contribution in [0.2, 0.25) is 0 Å². The molecule has 0 amide bonds. The molecule has 1 heterocycles. The molecule has 2 rings (SSSR count). The van der Waals surface area contributed by atoms with Gasteiger partial charge < -0.3 is 5.32 Å². The molecular weight excluding hydrogens is 261 g/mol. The Labute approximate surface area is 105 Å². The average Bonchev–Trinajstić information content (AvgIpc) is 2.81. The molecule has 0 unspecified atom stereocenters. The van der Waals surface area contributed by atoms with Gasteiger partial charge in [-0.25, -0.2) is 13.2 Å². The van der Waals surface area contributed by atoms with E-state index in [0.717, 1.165) is 17.0 Å². The molecule has 6 heteroatoms. The monoisotopic (exact) mass is 268 g/mol. The van der Waals surface area contributed by atoms with E-state index in [0.29, 0.717) is 12.1 Å². The second-order valence-corrected chi connectivity index (χ2v) is 4.52. The smallest absolute Gasteiger partial charge is 0.194 e. The van der Waals surface area contributed by atoms with Crippen molar-refractivity contribution >= 4 is 17.0 Å². The SMILES string of the molecule is N#Cc1csc(CNc2cc(F)c(F)c(F)c2)c1. The Morgan fingerprint density at radius 2 is 1.83 bits per heavy atom. The van der Waals surface area contributed by atoms with Crippen LogP contribution in [-0.2, 0) is 6.54 Å². The van der Waals surface area contributed by atoms with Crippen molar-refractivity contribution in [3.63, 3.8) is 0 Å². The fourth-order valence-electron chi connectivity index (χ4n) is 1.38. The summed E-state index contributed by atoms with van der Waals surface area (Å²) < 4.78 is 38.6. The maximum absolute atomic E-state index is 12.9. The van der Waals surface area contributed by atoms with E-state index in [4.69, 9.17) is 5.26 Å². The number of nitriles is 1. The lowest BCUT2D eigenvalue weighted by Crippen LogP contribution is -2.00. The zero-order valence-corrected chi connectivity index (χ0v) is 9.82. The minimum absolute atomic E-state index is 0.151. The summed E-state index contributed by atoms with van der Waals surface area (Å²) in [5, 5.41) is 13.1. The Hall–Kier alpha value is -2.00. The van der Waals surface area contributed by atoms with E-state index >= 15 is 0 Å². The van der Waals surface area contributed by atoms with Crippen molar-refractivity contribution in [1.29, 1.82) is 5.26 Å². The average molecular weight is 268 g/mol. The fourth-order valence-corrected chi connectivity index (χ4v) is 2.13. The first kappa shape index (κ1) is 12.5. The summed E-state index contributed by atoms with van der Waals surface area (Å²) >= 11 is 1.36. The van der Waals surface area contributed by atoms with Crippen molar-refractivity contribution in [1.82, 2.24) is 0 Å². The van der Waals surface area contributed by atoms with Gasteiger partial charge in [-0.05, 0) is 6.07 Å². The highest BCUT2D eigenvalue weighted by atomic mass is 32.1. The van der Waals surface area contributed by atoms with Crippen LogP contribution in [0.4, 0.5) is 18.9 Å². The summed E-state index contributed by atoms with van der Waals surface area (Å²) in [6.07, 6.45) is 0. The van der Waals surface area contributed by atoms with Crippen LogP contribution in [0.1, 0.15) is 10.4 Å². The highest BCUT2D eigenvalue weighted by Gasteiger charge is 2.10. The maximum atomic E-state index is 12.9. The Balaban J connectivity index is 2.09. The number of nitrogens with one attached hydrogen (secondary N) is 1. The molecule has 92 valence electrons. The van der Waals surface area contributed by atoms with Gasteiger partial charge >= 0.3 is 0 Å². The van der Waals surface area contributed by atoms with Crippen molar-refractivity contribution in [2.45, 2.75) is 6.54 Å². The predicted octanol–water partition coefficient (Wildman–Crippen LogP) is 3.65. The minimum atomic E-state index is -1.48. The van der Waals surface area contributed by atoms with E-state index in [1.165, 1.54) is 11.3 Å². The van der Waals surface area contributed by atoms with Crippen LogP contribution in [0.3, 0.4) is 0 Å². The molecule has 0 aliphatic carbocycles. The quantitative estimate of drug-likeness (QED) is 0.862. The van der Waals surface area contributed by atoms with Gasteiger partial charge in [0.15, 0.2) is 17.5 Å². The minimum Gasteiger partial charge on any atom is -0.380 e. The summed E-state index contributed by atoms with van der Waals surface area (Å²) in [7, 11) is 0. The number of benzene rings is 1. The van der Waals surface area contributed by atoms with Crippen LogP contribution in [0, 0.1) is 28.8 Å². The van der Waals surface area contributed by atoms with Crippen LogP contribution < -0.4 is 5.32 Å². The third-order valence-electron chi connectivity index (χ3n) is 2.23. The molecule has 2 aromatic rings. The maximum Gasteiger partial charge on any atom is 0.194 e. The third kappa shape index (κ3) is 2.63. The molecular formula is C12H7F3N2S. The lowest BCUT2D eigenvalue weighted by molar-refractivity contribution is 0.447. The van der Waals surface area contributed by atoms with Crippen molar-refractivity contribution in [3.8, 4) is 6.07 Å². The topological polar surface area (TPSA) is 35.8 Å². The van der Waals surface area contributed by atoms with Crippen LogP contribution in [-0.4, -0.2) is 0 Å². The number of nitrogens with zero attached hydrogens (tertiary/aromatic N) is 1. The van der Waals surface area contributed by atoms with Gasteiger partial charge in [-0.15, -0.1) is 11.3 Å². The number of rotatable bonds is 3. The molecule has 0 saturated heterocycles. The molecule has 0 bridgehead atoms. The number of thiophene rings is 1. The summed E-state index contributed by atoms with van der Waals surface area (Å²) in [5.74, 6) is -3.95. The van der Waals surface area contributed by atoms with E-state index in [9.17, 15) is 13.2 Å². The molecule has 0 aliphatic rings. The summed E-state index contributed by atoms with van der Waals surface area (Å²) in [4.78, 5) is 0.844. The zero-order chi connectivity index (χ0) is 13.1. The summed E-state index contributed by atoms with van der Waals surface area (Å²) in [6, 6.07) is 5.43. The molecule has 0 aliphatic heterocycles. The first-order valence-corrected chi connectivity index (χ1v) is 5.84. The molecule has 1 aromatic carbocycles. The van der Waals surface area contributed by atoms with Crippen LogP contribution in [0.15, 0.2) is 23.6 Å². The summed E-state index contributed by atoms with van der Waals surface area (Å²) in [6.45, 7) is 0.316. The molecule has 1 N–H and O–H groups in total. The Kier molecular flexibility index (Phi) is 3.53. The fraction of sp³-hybridized carbons (Fsp3) is 0.0833. The van der Waals surface area contributed by atoms with Gasteiger partial charge in [0.1, 0.15) is 6.07 Å². The van der Waals surface area contributed by atoms with E-state index < -0.39 is 17.5 Å². The van der Waals surface area contributed by atoms with Crippen LogP contribution >= 0.6 is 11.3 Å². The Morgan fingerprint density at radius 3 is 2.39 bits per heavy atom. The number of anilines is 1. The highest BCUT2D eigenvalue weighted by Crippen LogP contribution is 2.20. The van der Waals surface area contributed by atoms with E-state index in [1.54, 1.807) is 11.4 Å². The first-order valence-electron chi connectivity index (χ1n) is 4.96. The van der Waals surface area contributed by atoms with Crippen molar-refractivity contribution in [2.75, 3.05) is 5.32 Å². The molecule has 1 aromatic heterocycles. The molecule has 0 fully saturated rings. The van der Waals surface area contributed by atoms with Gasteiger partial charge in [0.05, 0.1) is 5.56 Å². The second-order valence-electron chi connectivity index (χ2n) is 3.52. The van der Waals surface area contributed by atoms with Gasteiger partial charge in [0.2, 0.25) is 0 Å². The standard InChI is InChI=1S/C12H7F3N2S/c13-10-2-8(3-11(14)12(10)15)17-5-9-1-7(4-16)6-18-9/h1-3,6,17H,5H2. The van der Waals surface area contributed by atoms with E-state index in [1.807, 2.05) is 6.07 Å². The van der Waals surface area contributed by atoms with Crippen molar-refractivity contribution in [2.24, 2.45) is 0 Å². The second kappa shape index (κ2) is 5.10. The van der Waals surface area contributed by atoms with Gasteiger partial charge in [0, 0.05) is 34.6 Å². The largest absolute Gasteiger partial charge is 0.380 e. The molecule has 0 spiro atoms. The van der Waals surface area contributed by atoms with Crippen LogP contribution in [0.5, 0.6) is 0 Å². The normalized spacial score (nSPS) is 10.1. The Bertz CT molecular complexity index is 593. The first-order chi connectivity index (χ1) is 8.60. The number of hydrogen-bond donors (Lipinski definition) is 1. The van der Waals surface area contributed by atoms with E-state index in [-0.39, 0.29) is 5.69 Å². The van der Waals surface area contributed by atoms with Gasteiger partial charge in [0.25, 0.3) is 0 Å². The molecule has 0 radical (unpaired) electrons. The van der Waals surface area contributed by atoms with Gasteiger partial charge in [-0.1, -0.05) is 0 Å². The molecule has 18 heavy (non-hydrogen) atoms. The van der Waals surface area contributed by atoms with Crippen molar-refractivity contribution in [3.05, 3.63) is 51.5 Å². The lowest BCUT2D eigenvalue weighted by Gasteiger charge is -2.05. The molecule has 0 atom stereocenters. The molecule has 2 nitrogen and oxygen atoms in total.